The highest BCUT2D eigenvalue weighted by Gasteiger charge is 2.47. The number of hydrogen-bond acceptors (Lipinski definition) is 4. The van der Waals surface area contributed by atoms with Crippen LogP contribution < -0.4 is 26.2 Å². The minimum atomic E-state index is -0.599. The predicted octanol–water partition coefficient (Wildman–Crippen LogP) is 30.8. The fourth-order valence-electron chi connectivity index (χ4n) is 20.1. The Morgan fingerprint density at radius 2 is 0.685 bits per heavy atom. The van der Waals surface area contributed by atoms with Crippen LogP contribution in [0.1, 0.15) is 143 Å². The van der Waals surface area contributed by atoms with E-state index in [1.165, 1.54) is 42.4 Å². The summed E-state index contributed by atoms with van der Waals surface area (Å²) >= 11 is 1.81. The number of benzene rings is 16. The molecule has 602 valence electrons. The molecule has 0 bridgehead atoms. The van der Waals surface area contributed by atoms with Crippen LogP contribution in [0, 0.1) is 0 Å². The van der Waals surface area contributed by atoms with E-state index in [2.05, 4.69) is 390 Å². The lowest BCUT2D eigenvalue weighted by Crippen LogP contribution is -2.61. The van der Waals surface area contributed by atoms with E-state index in [4.69, 9.17) is 4.42 Å². The van der Waals surface area contributed by atoms with Crippen molar-refractivity contribution in [2.45, 2.75) is 131 Å². The first-order valence-corrected chi connectivity index (χ1v) is 44.2. The minimum Gasteiger partial charge on any atom is -0.453 e. The molecule has 16 aromatic carbocycles. The molecule has 0 spiro atoms. The molecule has 0 aliphatic carbocycles. The number of thiophene rings is 1. The van der Waals surface area contributed by atoms with E-state index in [-0.39, 0.29) is 61.0 Å². The highest BCUT2D eigenvalue weighted by Crippen LogP contribution is 2.56. The second kappa shape index (κ2) is 27.1. The van der Waals surface area contributed by atoms with Crippen molar-refractivity contribution in [3.8, 4) is 50.4 Å². The second-order valence-corrected chi connectivity index (χ2v) is 40.5. The van der Waals surface area contributed by atoms with Gasteiger partial charge in [-0.3, -0.25) is 0 Å². The van der Waals surface area contributed by atoms with Gasteiger partial charge in [0, 0.05) is 120 Å². The fraction of sp³-hybridized carbons (Fsp3) is 0.172. The highest BCUT2D eigenvalue weighted by molar-refractivity contribution is 7.26. The topological polar surface area (TPSA) is 34.4 Å². The van der Waals surface area contributed by atoms with E-state index in [0.717, 1.165) is 161 Å². The monoisotopic (exact) mass is 1630 g/mol. The lowest BCUT2D eigenvalue weighted by Gasteiger charge is -2.45. The Morgan fingerprint density at radius 1 is 0.282 bits per heavy atom. The molecule has 124 heavy (non-hydrogen) atoms. The number of aromatic nitrogens is 3. The molecule has 2 aliphatic rings. The van der Waals surface area contributed by atoms with Gasteiger partial charge in [0.2, 0.25) is 0 Å². The van der Waals surface area contributed by atoms with Crippen molar-refractivity contribution in [3.05, 3.63) is 349 Å². The van der Waals surface area contributed by atoms with Crippen molar-refractivity contribution in [1.82, 2.24) is 13.7 Å². The zero-order chi connectivity index (χ0) is 91.6. The van der Waals surface area contributed by atoms with Crippen LogP contribution in [0.2, 0.25) is 0 Å². The van der Waals surface area contributed by atoms with E-state index in [1.807, 2.05) is 17.4 Å². The summed E-state index contributed by atoms with van der Waals surface area (Å²) in [6.45, 7) is 33.7. The van der Waals surface area contributed by atoms with Gasteiger partial charge in [-0.15, -0.1) is 11.3 Å². The Labute approximate surface area is 740 Å². The van der Waals surface area contributed by atoms with Crippen molar-refractivity contribution in [2.75, 3.05) is 9.80 Å². The van der Waals surface area contributed by atoms with Gasteiger partial charge in [-0.1, -0.05) is 304 Å². The molecule has 21 aromatic rings. The summed E-state index contributed by atoms with van der Waals surface area (Å²) in [5.41, 5.74) is 26.7. The highest BCUT2D eigenvalue weighted by atomic mass is 32.1. The summed E-state index contributed by atoms with van der Waals surface area (Å²) in [6.07, 6.45) is 0. The van der Waals surface area contributed by atoms with Crippen LogP contribution in [0.15, 0.2) is 326 Å². The van der Waals surface area contributed by atoms with Gasteiger partial charge in [0.15, 0.2) is 5.58 Å². The molecule has 23 rings (SSSR count). The lowest BCUT2D eigenvalue weighted by molar-refractivity contribution is 0.590. The maximum Gasteiger partial charge on any atom is 0.252 e. The summed E-state index contributed by atoms with van der Waals surface area (Å²) in [5, 5.41) is 8.91. The maximum atomic E-state index is 10.1. The molecule has 2 aliphatic heterocycles. The molecule has 5 aromatic heterocycles. The summed E-state index contributed by atoms with van der Waals surface area (Å²) < 4.78 is 94.3. The van der Waals surface area contributed by atoms with Crippen molar-refractivity contribution in [1.29, 1.82) is 0 Å². The molecule has 7 heterocycles. The number of hydrogen-bond donors (Lipinski definition) is 0. The Balaban J connectivity index is 0.921. The third-order valence-corrected chi connectivity index (χ3v) is 27.9. The van der Waals surface area contributed by atoms with Gasteiger partial charge in [-0.05, 0) is 204 Å². The van der Waals surface area contributed by atoms with Crippen LogP contribution in [0.4, 0.5) is 34.1 Å². The molecule has 0 radical (unpaired) electrons. The predicted molar refractivity (Wildman–Crippen MR) is 533 cm³/mol. The zero-order valence-corrected chi connectivity index (χ0v) is 73.4. The Morgan fingerprint density at radius 3 is 1.19 bits per heavy atom. The molecule has 0 saturated carbocycles. The molecule has 6 nitrogen and oxygen atoms in total. The van der Waals surface area contributed by atoms with Gasteiger partial charge in [0.1, 0.15) is 5.58 Å². The molecular weight excluding hydrogens is 1520 g/mol. The molecule has 8 heteroatoms. The third-order valence-electron chi connectivity index (χ3n) is 26.6. The van der Waals surface area contributed by atoms with Gasteiger partial charge < -0.3 is 27.9 Å². The standard InChI is InChI=1S/C116H98BN5OS/c1-112(2,3)71-47-55-97-89(59-71)90-60-72(113(4,5)6)48-56-98(90)119(97)76-51-53-93-102(65-76)121(101-45-30-40-83-82-38-28-39-84(109(82)123-110(83)101)86-42-29-41-85-81-37-24-27-46-106(81)124-111(85)86)104-67-78(120-99-57-49-73(114(7,8)9)61-91(99)92-62-74(115(10,11)12)50-58-100(92)120)68-105-107(104)117(93)94-54-52-77(118-95-43-25-22-35-79(95)80-36-23-26-44-96(80)118)66-103(94)122(105)108-87(69-31-18-16-19-32-69)63-75(116(13,14)15)64-88(108)70-33-20-17-21-34-70/h16-68H,1-15H3/i22D,23D,25D,26D,35D,36D,43D,44D. The smallest absolute Gasteiger partial charge is 0.252 e. The number of furan rings is 1. The molecule has 0 N–H and O–H groups in total. The first-order valence-electron chi connectivity index (χ1n) is 47.4. The summed E-state index contributed by atoms with van der Waals surface area (Å²) in [4.78, 5) is 5.00. The van der Waals surface area contributed by atoms with E-state index in [1.54, 1.807) is 4.57 Å². The molecular formula is C116H98BN5OS. The summed E-state index contributed by atoms with van der Waals surface area (Å²) in [5.74, 6) is 0. The Kier molecular flexibility index (Phi) is 14.7. The number of para-hydroxylation sites is 4. The molecule has 0 fully saturated rings. The number of nitrogens with zero attached hydrogens (tertiary/aromatic N) is 5. The van der Waals surface area contributed by atoms with E-state index >= 15 is 0 Å². The van der Waals surface area contributed by atoms with Gasteiger partial charge in [-0.25, -0.2) is 0 Å². The van der Waals surface area contributed by atoms with Gasteiger partial charge in [0.25, 0.3) is 6.71 Å². The third kappa shape index (κ3) is 11.6. The van der Waals surface area contributed by atoms with E-state index < -0.39 is 43.0 Å². The molecule has 0 atom stereocenters. The zero-order valence-electron chi connectivity index (χ0n) is 80.6. The Hall–Kier alpha value is -13.4. The summed E-state index contributed by atoms with van der Waals surface area (Å²) in [6, 6.07) is 97.6. The lowest BCUT2D eigenvalue weighted by atomic mass is 9.33. The first kappa shape index (κ1) is 67.2. The van der Waals surface area contributed by atoms with Crippen LogP contribution in [0.3, 0.4) is 0 Å². The minimum absolute atomic E-state index is 0.00277. The first-order chi connectivity index (χ1) is 63.0. The van der Waals surface area contributed by atoms with Crippen LogP contribution >= 0.6 is 11.3 Å². The van der Waals surface area contributed by atoms with E-state index in [9.17, 15) is 11.0 Å². The summed E-state index contributed by atoms with van der Waals surface area (Å²) in [7, 11) is 0. The number of rotatable bonds is 8. The van der Waals surface area contributed by atoms with Crippen molar-refractivity contribution < 1.29 is 15.4 Å². The molecule has 0 amide bonds. The van der Waals surface area contributed by atoms with Crippen molar-refractivity contribution in [2.24, 2.45) is 0 Å². The van der Waals surface area contributed by atoms with Crippen LogP contribution in [-0.2, 0) is 27.1 Å². The van der Waals surface area contributed by atoms with Crippen LogP contribution in [0.25, 0.3) is 158 Å². The SMILES string of the molecule is [2H]c1c([2H])c([2H])c2c(c1[2H])c1c([2H])c([2H])c([2H])c([2H])c1n2-c1ccc2c(c1)N(c1c(-c3ccccc3)cc(C(C)(C)C)cc1-c1ccccc1)c1cc(-n3c4ccc(C(C)(C)C)cc4c4cc(C(C)(C)C)ccc43)cc3c1B2c1ccc(-n2c4ccc(C(C)(C)C)cc4c4cc(C(C)(C)C)ccc42)cc1N3c1cccc2c1oc1c(-c3cccc4c3sc3ccccc34)cccc12. The fourth-order valence-corrected chi connectivity index (χ4v) is 21.4. The van der Waals surface area contributed by atoms with Crippen LogP contribution in [-0.4, -0.2) is 20.4 Å². The van der Waals surface area contributed by atoms with Crippen LogP contribution in [0.5, 0.6) is 0 Å². The maximum absolute atomic E-state index is 10.1. The van der Waals surface area contributed by atoms with Crippen molar-refractivity contribution >= 4 is 176 Å². The quantitative estimate of drug-likeness (QED) is 0.142. The van der Waals surface area contributed by atoms with Gasteiger partial charge >= 0.3 is 0 Å². The van der Waals surface area contributed by atoms with Gasteiger partial charge in [0.05, 0.1) is 61.1 Å². The number of anilines is 6. The molecule has 0 saturated heterocycles. The van der Waals surface area contributed by atoms with Crippen molar-refractivity contribution in [3.63, 3.8) is 0 Å². The van der Waals surface area contributed by atoms with E-state index in [0.29, 0.717) is 11.3 Å². The van der Waals surface area contributed by atoms with Gasteiger partial charge in [-0.2, -0.15) is 0 Å². The number of fused-ring (bicyclic) bond motifs is 19. The molecule has 0 unspecified atom stereocenters. The normalized spacial score (nSPS) is 14.3. The Bertz CT molecular complexity index is 8330. The second-order valence-electron chi connectivity index (χ2n) is 39.5. The largest absolute Gasteiger partial charge is 0.453 e. The average Bonchev–Trinajstić information content (AvgIpc) is 1.03. The average molecular weight is 1630 g/mol.